The van der Waals surface area contributed by atoms with Crippen molar-refractivity contribution in [3.63, 3.8) is 0 Å². The van der Waals surface area contributed by atoms with Gasteiger partial charge in [-0.2, -0.15) is 5.10 Å². The molecule has 1 aliphatic rings. The van der Waals surface area contributed by atoms with Crippen LogP contribution in [0.3, 0.4) is 0 Å². The molecule has 1 fully saturated rings. The topological polar surface area (TPSA) is 150 Å². The van der Waals surface area contributed by atoms with Crippen LogP contribution in [0.5, 0.6) is 0 Å². The number of carbonyl (C=O) groups is 1. The molecule has 40 heavy (non-hydrogen) atoms. The van der Waals surface area contributed by atoms with E-state index in [0.29, 0.717) is 40.8 Å². The van der Waals surface area contributed by atoms with Gasteiger partial charge < -0.3 is 15.6 Å². The number of carbonyl (C=O) groups excluding carboxylic acids is 1. The van der Waals surface area contributed by atoms with Crippen molar-refractivity contribution in [2.24, 2.45) is 5.92 Å². The summed E-state index contributed by atoms with van der Waals surface area (Å²) in [5, 5.41) is 14.6. The smallest absolute Gasteiger partial charge is 0.224 e. The molecule has 0 bridgehead atoms. The van der Waals surface area contributed by atoms with Gasteiger partial charge in [0.1, 0.15) is 5.69 Å². The molecule has 7 rings (SSSR count). The first-order valence-electron chi connectivity index (χ1n) is 13.3. The number of pyridine rings is 4. The van der Waals surface area contributed by atoms with Crippen LogP contribution in [-0.2, 0) is 4.79 Å². The number of nitrogens with one attached hydrogen (secondary N) is 4. The minimum absolute atomic E-state index is 0.0150. The maximum Gasteiger partial charge on any atom is 0.224 e. The summed E-state index contributed by atoms with van der Waals surface area (Å²) in [6, 6.07) is 9.78. The van der Waals surface area contributed by atoms with Gasteiger partial charge in [-0.15, -0.1) is 0 Å². The number of aromatic amines is 2. The van der Waals surface area contributed by atoms with E-state index in [1.54, 1.807) is 37.2 Å². The fraction of sp³-hybridized carbons (Fsp3) is 0.207. The van der Waals surface area contributed by atoms with Gasteiger partial charge in [-0.25, -0.2) is 15.0 Å². The van der Waals surface area contributed by atoms with Crippen molar-refractivity contribution in [1.29, 1.82) is 0 Å². The highest BCUT2D eigenvalue weighted by Crippen LogP contribution is 2.32. The fourth-order valence-electron chi connectivity index (χ4n) is 5.27. The third-order valence-corrected chi connectivity index (χ3v) is 7.32. The lowest BCUT2D eigenvalue weighted by Crippen LogP contribution is -2.30. The SMILES string of the molecule is O=C(CC1CCNCC1)Nc1cncc(-c2cnc3n[nH]c(-c4nc5nccc(-c6ccncc6)c5[nH]4)c3c2)c1. The molecule has 0 unspecified atom stereocenters. The summed E-state index contributed by atoms with van der Waals surface area (Å²) in [5.41, 5.74) is 7.07. The Kier molecular flexibility index (Phi) is 6.17. The Labute approximate surface area is 228 Å². The number of nitrogens with zero attached hydrogens (tertiary/aromatic N) is 6. The first-order valence-corrected chi connectivity index (χ1v) is 13.3. The molecular weight excluding hydrogens is 504 g/mol. The summed E-state index contributed by atoms with van der Waals surface area (Å²) in [7, 11) is 0. The van der Waals surface area contributed by atoms with E-state index in [2.05, 4.69) is 45.8 Å². The van der Waals surface area contributed by atoms with Gasteiger partial charge in [-0.05, 0) is 67.7 Å². The molecule has 0 spiro atoms. The standard InChI is InChI=1S/C29H26N10O/c40-24(11-17-1-6-30-7-2-17)35-21-12-19(14-32-16-21)20-13-23-26(38-39-27(23)34-15-20)29-36-25-22(5-10-33-28(25)37-29)18-3-8-31-9-4-18/h3-5,8-10,12-17,30H,1-2,6-7,11H2,(H,35,40)(H,33,36,37)(H,34,38,39). The molecule has 0 radical (unpaired) electrons. The predicted molar refractivity (Wildman–Crippen MR) is 152 cm³/mol. The summed E-state index contributed by atoms with van der Waals surface area (Å²) in [4.78, 5) is 38.3. The number of hydrogen-bond acceptors (Lipinski definition) is 8. The second kappa shape index (κ2) is 10.3. The molecule has 0 saturated carbocycles. The van der Waals surface area contributed by atoms with Gasteiger partial charge in [-0.1, -0.05) is 0 Å². The molecule has 0 aliphatic carbocycles. The van der Waals surface area contributed by atoms with E-state index >= 15 is 0 Å². The van der Waals surface area contributed by atoms with E-state index in [-0.39, 0.29) is 5.91 Å². The number of piperidine rings is 1. The van der Waals surface area contributed by atoms with Crippen LogP contribution in [0.1, 0.15) is 19.3 Å². The minimum atomic E-state index is 0.0150. The molecule has 4 N–H and O–H groups in total. The van der Waals surface area contributed by atoms with Crippen LogP contribution in [0, 0.1) is 5.92 Å². The zero-order valence-electron chi connectivity index (χ0n) is 21.6. The Hall–Kier alpha value is -5.03. The van der Waals surface area contributed by atoms with Crippen molar-refractivity contribution in [2.75, 3.05) is 18.4 Å². The Morgan fingerprint density at radius 1 is 0.900 bits per heavy atom. The lowest BCUT2D eigenvalue weighted by atomic mass is 9.94. The molecule has 11 nitrogen and oxygen atoms in total. The van der Waals surface area contributed by atoms with Crippen LogP contribution in [0.25, 0.3) is 56.0 Å². The molecule has 6 aromatic heterocycles. The molecule has 0 atom stereocenters. The van der Waals surface area contributed by atoms with Crippen LogP contribution in [0.2, 0.25) is 0 Å². The van der Waals surface area contributed by atoms with E-state index in [0.717, 1.165) is 59.1 Å². The van der Waals surface area contributed by atoms with E-state index in [9.17, 15) is 4.79 Å². The van der Waals surface area contributed by atoms with Crippen molar-refractivity contribution >= 4 is 33.8 Å². The Morgan fingerprint density at radius 3 is 2.62 bits per heavy atom. The number of amides is 1. The van der Waals surface area contributed by atoms with E-state index in [1.165, 1.54) is 0 Å². The summed E-state index contributed by atoms with van der Waals surface area (Å²) >= 11 is 0. The first-order chi connectivity index (χ1) is 19.7. The van der Waals surface area contributed by atoms with E-state index in [4.69, 9.17) is 4.98 Å². The lowest BCUT2D eigenvalue weighted by Gasteiger charge is -2.21. The number of rotatable bonds is 6. The summed E-state index contributed by atoms with van der Waals surface area (Å²) in [5.74, 6) is 1.04. The molecule has 0 aromatic carbocycles. The van der Waals surface area contributed by atoms with E-state index < -0.39 is 0 Å². The largest absolute Gasteiger partial charge is 0.335 e. The summed E-state index contributed by atoms with van der Waals surface area (Å²) < 4.78 is 0. The predicted octanol–water partition coefficient (Wildman–Crippen LogP) is 4.35. The highest BCUT2D eigenvalue weighted by molar-refractivity contribution is 5.96. The van der Waals surface area contributed by atoms with Gasteiger partial charge >= 0.3 is 0 Å². The Balaban J connectivity index is 1.19. The number of H-pyrrole nitrogens is 2. The number of anilines is 1. The third kappa shape index (κ3) is 4.67. The van der Waals surface area contributed by atoms with Gasteiger partial charge in [0, 0.05) is 54.1 Å². The van der Waals surface area contributed by atoms with Crippen molar-refractivity contribution in [3.8, 4) is 33.8 Å². The number of fused-ring (bicyclic) bond motifs is 2. The average molecular weight is 531 g/mol. The molecule has 1 amide bonds. The molecular formula is C29H26N10O. The van der Waals surface area contributed by atoms with Crippen LogP contribution < -0.4 is 10.6 Å². The minimum Gasteiger partial charge on any atom is -0.335 e. The van der Waals surface area contributed by atoms with Gasteiger partial charge in [0.05, 0.1) is 22.8 Å². The van der Waals surface area contributed by atoms with E-state index in [1.807, 2.05) is 30.3 Å². The van der Waals surface area contributed by atoms with Crippen molar-refractivity contribution in [1.82, 2.24) is 45.4 Å². The van der Waals surface area contributed by atoms with Crippen molar-refractivity contribution in [2.45, 2.75) is 19.3 Å². The normalized spacial score (nSPS) is 14.1. The Morgan fingerprint density at radius 2 is 1.75 bits per heavy atom. The van der Waals surface area contributed by atoms with Crippen LogP contribution in [-0.4, -0.2) is 59.1 Å². The molecule has 1 aliphatic heterocycles. The first kappa shape index (κ1) is 24.0. The van der Waals surface area contributed by atoms with Crippen molar-refractivity contribution in [3.05, 3.63) is 67.5 Å². The van der Waals surface area contributed by atoms with Crippen molar-refractivity contribution < 1.29 is 4.79 Å². The quantitative estimate of drug-likeness (QED) is 0.248. The molecule has 6 aromatic rings. The monoisotopic (exact) mass is 530 g/mol. The second-order valence-corrected chi connectivity index (χ2v) is 9.98. The van der Waals surface area contributed by atoms with Gasteiger partial charge in [0.2, 0.25) is 5.91 Å². The number of imidazole rings is 1. The highest BCUT2D eigenvalue weighted by Gasteiger charge is 2.18. The Bertz CT molecular complexity index is 1820. The zero-order chi connectivity index (χ0) is 26.9. The van der Waals surface area contributed by atoms with Gasteiger partial charge in [-0.3, -0.25) is 19.9 Å². The highest BCUT2D eigenvalue weighted by atomic mass is 16.1. The van der Waals surface area contributed by atoms with Crippen LogP contribution >= 0.6 is 0 Å². The number of aromatic nitrogens is 8. The van der Waals surface area contributed by atoms with Crippen LogP contribution in [0.15, 0.2) is 67.5 Å². The summed E-state index contributed by atoms with van der Waals surface area (Å²) in [6.45, 7) is 1.94. The lowest BCUT2D eigenvalue weighted by molar-refractivity contribution is -0.117. The van der Waals surface area contributed by atoms with Gasteiger partial charge in [0.15, 0.2) is 17.1 Å². The average Bonchev–Trinajstić information content (AvgIpc) is 3.62. The second-order valence-electron chi connectivity index (χ2n) is 9.98. The maximum atomic E-state index is 12.7. The molecule has 198 valence electrons. The molecule has 7 heterocycles. The maximum absolute atomic E-state index is 12.7. The third-order valence-electron chi connectivity index (χ3n) is 7.32. The molecule has 11 heteroatoms. The van der Waals surface area contributed by atoms with Gasteiger partial charge in [0.25, 0.3) is 0 Å². The fourth-order valence-corrected chi connectivity index (χ4v) is 5.27. The zero-order valence-corrected chi connectivity index (χ0v) is 21.6. The molecule has 1 saturated heterocycles. The summed E-state index contributed by atoms with van der Waals surface area (Å²) in [6.07, 6.45) is 13.0. The van der Waals surface area contributed by atoms with Crippen LogP contribution in [0.4, 0.5) is 5.69 Å². The number of hydrogen-bond donors (Lipinski definition) is 4.